The predicted octanol–water partition coefficient (Wildman–Crippen LogP) is 11.4. The lowest BCUT2D eigenvalue weighted by Gasteiger charge is -2.22. The summed E-state index contributed by atoms with van der Waals surface area (Å²) in [5.74, 6) is 2.94. The Morgan fingerprint density at radius 1 is 0.469 bits per heavy atom. The molecule has 230 valence electrons. The van der Waals surface area contributed by atoms with Gasteiger partial charge in [-0.1, -0.05) is 146 Å². The third kappa shape index (κ3) is 4.64. The van der Waals surface area contributed by atoms with Crippen molar-refractivity contribution in [3.05, 3.63) is 180 Å². The minimum absolute atomic E-state index is 0.0532. The number of hydrogen-bond donors (Lipinski definition) is 0. The number of nitrogens with zero attached hydrogens (tertiary/aromatic N) is 3. The molecule has 1 atom stereocenters. The molecule has 2 aromatic heterocycles. The van der Waals surface area contributed by atoms with Gasteiger partial charge in [-0.25, -0.2) is 15.0 Å². The van der Waals surface area contributed by atoms with Crippen molar-refractivity contribution >= 4 is 48.9 Å². The molecule has 49 heavy (non-hydrogen) atoms. The first-order valence-electron chi connectivity index (χ1n) is 16.7. The Kier molecular flexibility index (Phi) is 6.28. The molecule has 9 aromatic rings. The smallest absolute Gasteiger partial charge is 0.164 e. The average molecular weight is 628 g/mol. The highest BCUT2D eigenvalue weighted by atomic mass is 16.3. The molecule has 0 saturated heterocycles. The van der Waals surface area contributed by atoms with Crippen LogP contribution in [0.2, 0.25) is 0 Å². The van der Waals surface area contributed by atoms with Crippen LogP contribution in [0.1, 0.15) is 35.1 Å². The summed E-state index contributed by atoms with van der Waals surface area (Å²) in [6, 6.07) is 53.1. The third-order valence-electron chi connectivity index (χ3n) is 9.85. The molecule has 0 radical (unpaired) electrons. The van der Waals surface area contributed by atoms with Crippen molar-refractivity contribution in [3.8, 4) is 22.8 Å². The Bertz CT molecular complexity index is 2760. The van der Waals surface area contributed by atoms with Gasteiger partial charge in [0.1, 0.15) is 11.3 Å². The standard InChI is InChI=1S/C45H29N3O/c1-2-12-30(13-3-1)43-46-44(34-21-18-28-10-4-5-14-31(28)26-34)48-45(47-43)39-25-24-37(42-41(39)38-16-8-9-17-40(38)49-42)33-22-23-36-32(27-33)20-19-29-11-6-7-15-35(29)36/h1-23,25-27,37H,24H2. The van der Waals surface area contributed by atoms with E-state index in [4.69, 9.17) is 19.4 Å². The third-order valence-corrected chi connectivity index (χ3v) is 9.85. The highest BCUT2D eigenvalue weighted by Gasteiger charge is 2.32. The van der Waals surface area contributed by atoms with E-state index < -0.39 is 0 Å². The average Bonchev–Trinajstić information content (AvgIpc) is 3.57. The van der Waals surface area contributed by atoms with Crippen molar-refractivity contribution < 1.29 is 4.42 Å². The SMILES string of the molecule is C1=C(c2nc(-c3ccccc3)nc(-c3ccc4ccccc4c3)n2)c2c(oc3ccccc23)C(c2ccc3c(ccc4ccccc43)c2)C1. The molecule has 0 aliphatic heterocycles. The number of benzene rings is 7. The maximum absolute atomic E-state index is 6.76. The van der Waals surface area contributed by atoms with Gasteiger partial charge < -0.3 is 4.42 Å². The van der Waals surface area contributed by atoms with Crippen molar-refractivity contribution in [2.45, 2.75) is 12.3 Å². The van der Waals surface area contributed by atoms with E-state index in [1.54, 1.807) is 0 Å². The number of furan rings is 1. The van der Waals surface area contributed by atoms with Crippen molar-refractivity contribution in [2.24, 2.45) is 0 Å². The first-order valence-corrected chi connectivity index (χ1v) is 16.7. The molecule has 10 rings (SSSR count). The van der Waals surface area contributed by atoms with Gasteiger partial charge in [0.2, 0.25) is 0 Å². The lowest BCUT2D eigenvalue weighted by Crippen LogP contribution is -2.10. The van der Waals surface area contributed by atoms with E-state index in [9.17, 15) is 0 Å². The summed E-state index contributed by atoms with van der Waals surface area (Å²) in [6.45, 7) is 0. The first kappa shape index (κ1) is 27.7. The van der Waals surface area contributed by atoms with Crippen LogP contribution in [0.5, 0.6) is 0 Å². The summed E-state index contributed by atoms with van der Waals surface area (Å²) in [5, 5.41) is 8.41. The van der Waals surface area contributed by atoms with E-state index in [0.29, 0.717) is 17.5 Å². The molecular formula is C45H29N3O. The van der Waals surface area contributed by atoms with Gasteiger partial charge in [-0.2, -0.15) is 0 Å². The van der Waals surface area contributed by atoms with Crippen LogP contribution in [-0.4, -0.2) is 15.0 Å². The van der Waals surface area contributed by atoms with Crippen molar-refractivity contribution in [1.82, 2.24) is 15.0 Å². The Hall–Kier alpha value is -6.39. The molecule has 4 heteroatoms. The van der Waals surface area contributed by atoms with Gasteiger partial charge in [-0.15, -0.1) is 0 Å². The van der Waals surface area contributed by atoms with Crippen LogP contribution in [0, 0.1) is 0 Å². The van der Waals surface area contributed by atoms with Gasteiger partial charge in [0.25, 0.3) is 0 Å². The van der Waals surface area contributed by atoms with Crippen LogP contribution < -0.4 is 0 Å². The van der Waals surface area contributed by atoms with Crippen LogP contribution in [0.15, 0.2) is 162 Å². The normalized spacial score (nSPS) is 14.4. The number of hydrogen-bond acceptors (Lipinski definition) is 4. The monoisotopic (exact) mass is 627 g/mol. The fourth-order valence-corrected chi connectivity index (χ4v) is 7.44. The molecule has 2 heterocycles. The van der Waals surface area contributed by atoms with Gasteiger partial charge in [0, 0.05) is 33.6 Å². The largest absolute Gasteiger partial charge is 0.460 e. The van der Waals surface area contributed by atoms with Crippen molar-refractivity contribution in [2.75, 3.05) is 0 Å². The Morgan fingerprint density at radius 2 is 1.12 bits per heavy atom. The van der Waals surface area contributed by atoms with E-state index in [1.807, 2.05) is 24.3 Å². The van der Waals surface area contributed by atoms with Gasteiger partial charge in [-0.3, -0.25) is 0 Å². The quantitative estimate of drug-likeness (QED) is 0.182. The van der Waals surface area contributed by atoms with Gasteiger partial charge in [0.15, 0.2) is 17.5 Å². The summed E-state index contributed by atoms with van der Waals surface area (Å²) in [7, 11) is 0. The molecular weight excluding hydrogens is 599 g/mol. The minimum atomic E-state index is 0.0532. The molecule has 0 amide bonds. The van der Waals surface area contributed by atoms with E-state index in [1.165, 1.54) is 32.5 Å². The lowest BCUT2D eigenvalue weighted by molar-refractivity contribution is 0.516. The molecule has 0 saturated carbocycles. The number of fused-ring (bicyclic) bond motifs is 7. The van der Waals surface area contributed by atoms with Gasteiger partial charge in [-0.05, 0) is 56.4 Å². The van der Waals surface area contributed by atoms with E-state index in [-0.39, 0.29) is 5.92 Å². The predicted molar refractivity (Wildman–Crippen MR) is 199 cm³/mol. The van der Waals surface area contributed by atoms with Crippen molar-refractivity contribution in [1.29, 1.82) is 0 Å². The summed E-state index contributed by atoms with van der Waals surface area (Å²) < 4.78 is 6.76. The maximum atomic E-state index is 6.76. The summed E-state index contributed by atoms with van der Waals surface area (Å²) in [5.41, 5.74) is 6.03. The van der Waals surface area contributed by atoms with Crippen LogP contribution in [0.4, 0.5) is 0 Å². The molecule has 7 aromatic carbocycles. The number of allylic oxidation sites excluding steroid dienone is 1. The van der Waals surface area contributed by atoms with E-state index >= 15 is 0 Å². The van der Waals surface area contributed by atoms with Crippen LogP contribution in [-0.2, 0) is 0 Å². The van der Waals surface area contributed by atoms with Crippen LogP contribution >= 0.6 is 0 Å². The number of aromatic nitrogens is 3. The highest BCUT2D eigenvalue weighted by Crippen LogP contribution is 2.46. The van der Waals surface area contributed by atoms with Crippen molar-refractivity contribution in [3.63, 3.8) is 0 Å². The molecule has 1 aliphatic carbocycles. The zero-order chi connectivity index (χ0) is 32.3. The van der Waals surface area contributed by atoms with Crippen LogP contribution in [0.25, 0.3) is 71.6 Å². The zero-order valence-corrected chi connectivity index (χ0v) is 26.5. The molecule has 1 unspecified atom stereocenters. The van der Waals surface area contributed by atoms with E-state index in [0.717, 1.165) is 50.8 Å². The summed E-state index contributed by atoms with van der Waals surface area (Å²) >= 11 is 0. The fourth-order valence-electron chi connectivity index (χ4n) is 7.44. The molecule has 0 fully saturated rings. The molecule has 0 spiro atoms. The Balaban J connectivity index is 1.15. The van der Waals surface area contributed by atoms with Crippen LogP contribution in [0.3, 0.4) is 0 Å². The van der Waals surface area contributed by atoms with Gasteiger partial charge in [0.05, 0.1) is 0 Å². The highest BCUT2D eigenvalue weighted by molar-refractivity contribution is 6.07. The zero-order valence-electron chi connectivity index (χ0n) is 26.5. The van der Waals surface area contributed by atoms with E-state index in [2.05, 4.69) is 133 Å². The second-order valence-corrected chi connectivity index (χ2v) is 12.7. The lowest BCUT2D eigenvalue weighted by atomic mass is 9.82. The second-order valence-electron chi connectivity index (χ2n) is 12.7. The molecule has 0 bridgehead atoms. The second kappa shape index (κ2) is 11.1. The number of rotatable bonds is 4. The topological polar surface area (TPSA) is 51.8 Å². The minimum Gasteiger partial charge on any atom is -0.460 e. The molecule has 4 nitrogen and oxygen atoms in total. The maximum Gasteiger partial charge on any atom is 0.164 e. The Morgan fingerprint density at radius 3 is 2.00 bits per heavy atom. The fraction of sp³-hybridized carbons (Fsp3) is 0.0444. The molecule has 0 N–H and O–H groups in total. The number of para-hydroxylation sites is 1. The first-order chi connectivity index (χ1) is 24.3. The Labute approximate surface area is 283 Å². The summed E-state index contributed by atoms with van der Waals surface area (Å²) in [6.07, 6.45) is 3.06. The molecule has 1 aliphatic rings. The summed E-state index contributed by atoms with van der Waals surface area (Å²) in [4.78, 5) is 15.3. The van der Waals surface area contributed by atoms with Gasteiger partial charge >= 0.3 is 0 Å².